The van der Waals surface area contributed by atoms with Crippen molar-refractivity contribution in [2.75, 3.05) is 24.4 Å². The molecule has 0 saturated carbocycles. The second-order valence-electron chi connectivity index (χ2n) is 6.03. The molecule has 0 spiro atoms. The van der Waals surface area contributed by atoms with E-state index < -0.39 is 16.0 Å². The van der Waals surface area contributed by atoms with Gasteiger partial charge in [0.05, 0.1) is 12.2 Å². The number of nitrogens with one attached hydrogen (secondary N) is 1. The third-order valence-electron chi connectivity index (χ3n) is 4.17. The number of hydrogen-bond donors (Lipinski definition) is 1. The van der Waals surface area contributed by atoms with Crippen LogP contribution in [0.4, 0.5) is 5.69 Å². The number of benzene rings is 2. The van der Waals surface area contributed by atoms with Crippen molar-refractivity contribution >= 4 is 43.5 Å². The number of esters is 1. The second kappa shape index (κ2) is 9.89. The van der Waals surface area contributed by atoms with Crippen LogP contribution in [0.5, 0.6) is 0 Å². The number of hydrogen-bond acceptors (Lipinski definition) is 5. The van der Waals surface area contributed by atoms with Crippen LogP contribution in [0.1, 0.15) is 41.5 Å². The van der Waals surface area contributed by atoms with Crippen LogP contribution in [-0.2, 0) is 14.8 Å². The zero-order valence-corrected chi connectivity index (χ0v) is 18.8. The fourth-order valence-electron chi connectivity index (χ4n) is 2.64. The number of carbonyl (C=O) groups excluding carboxylic acids is 2. The molecule has 0 aliphatic rings. The van der Waals surface area contributed by atoms with Gasteiger partial charge in [-0.05, 0) is 79.2 Å². The summed E-state index contributed by atoms with van der Waals surface area (Å²) in [6.07, 6.45) is 0. The highest BCUT2D eigenvalue weighted by atomic mass is 79.9. The molecule has 2 aromatic rings. The molecule has 2 rings (SSSR count). The minimum absolute atomic E-state index is 0.0196. The fourth-order valence-corrected chi connectivity index (χ4v) is 4.78. The van der Waals surface area contributed by atoms with Gasteiger partial charge in [0.15, 0.2) is 0 Å². The molecule has 7 nitrogen and oxygen atoms in total. The molecule has 0 unspecified atom stereocenters. The maximum Gasteiger partial charge on any atom is 0.338 e. The summed E-state index contributed by atoms with van der Waals surface area (Å²) in [6, 6.07) is 10.4. The van der Waals surface area contributed by atoms with Gasteiger partial charge >= 0.3 is 5.97 Å². The topological polar surface area (TPSA) is 92.8 Å². The lowest BCUT2D eigenvalue weighted by atomic mass is 10.2. The van der Waals surface area contributed by atoms with Gasteiger partial charge in [0.25, 0.3) is 15.9 Å². The Labute approximate surface area is 179 Å². The number of ether oxygens (including phenoxy) is 1. The van der Waals surface area contributed by atoms with Gasteiger partial charge in [-0.15, -0.1) is 0 Å². The van der Waals surface area contributed by atoms with E-state index in [1.807, 2.05) is 13.8 Å². The van der Waals surface area contributed by atoms with Crippen molar-refractivity contribution in [2.24, 2.45) is 0 Å². The molecular formula is C20H23BrN2O5S. The Morgan fingerprint density at radius 2 is 1.59 bits per heavy atom. The molecule has 2 aromatic carbocycles. The monoisotopic (exact) mass is 482 g/mol. The van der Waals surface area contributed by atoms with Crippen LogP contribution < -0.4 is 4.72 Å². The molecule has 1 N–H and O–H groups in total. The first-order valence-corrected chi connectivity index (χ1v) is 11.4. The summed E-state index contributed by atoms with van der Waals surface area (Å²) in [6.45, 7) is 6.91. The van der Waals surface area contributed by atoms with Crippen molar-refractivity contribution in [3.8, 4) is 0 Å². The normalized spacial score (nSPS) is 11.0. The van der Waals surface area contributed by atoms with E-state index in [1.54, 1.807) is 24.0 Å². The molecule has 0 aliphatic heterocycles. The number of nitrogens with zero attached hydrogens (tertiary/aromatic N) is 1. The summed E-state index contributed by atoms with van der Waals surface area (Å²) < 4.78 is 33.1. The second-order valence-corrected chi connectivity index (χ2v) is 8.53. The summed E-state index contributed by atoms with van der Waals surface area (Å²) >= 11 is 3.20. The molecule has 0 aliphatic carbocycles. The smallest absolute Gasteiger partial charge is 0.338 e. The Hall–Kier alpha value is -2.39. The van der Waals surface area contributed by atoms with Crippen LogP contribution >= 0.6 is 15.9 Å². The average molecular weight is 483 g/mol. The minimum atomic E-state index is -3.90. The summed E-state index contributed by atoms with van der Waals surface area (Å²) in [7, 11) is -3.90. The molecule has 0 heterocycles. The quantitative estimate of drug-likeness (QED) is 0.575. The summed E-state index contributed by atoms with van der Waals surface area (Å²) in [5, 5.41) is 0. The lowest BCUT2D eigenvalue weighted by Gasteiger charge is -2.18. The van der Waals surface area contributed by atoms with Gasteiger partial charge in [-0.2, -0.15) is 0 Å². The SMILES string of the molecule is CCOC(=O)c1ccc(S(=O)(=O)Nc2ccc(C(=O)N(CC)CC)cc2)c(Br)c1. The van der Waals surface area contributed by atoms with E-state index in [1.165, 1.54) is 30.3 Å². The summed E-state index contributed by atoms with van der Waals surface area (Å²) in [4.78, 5) is 25.8. The average Bonchev–Trinajstić information content (AvgIpc) is 2.69. The van der Waals surface area contributed by atoms with Gasteiger partial charge in [0, 0.05) is 28.8 Å². The lowest BCUT2D eigenvalue weighted by molar-refractivity contribution is 0.0526. The maximum atomic E-state index is 12.7. The number of halogens is 1. The van der Waals surface area contributed by atoms with Gasteiger partial charge in [0.2, 0.25) is 0 Å². The van der Waals surface area contributed by atoms with Crippen molar-refractivity contribution in [1.29, 1.82) is 0 Å². The van der Waals surface area contributed by atoms with Crippen molar-refractivity contribution in [1.82, 2.24) is 4.90 Å². The Morgan fingerprint density at radius 3 is 2.10 bits per heavy atom. The molecule has 0 aromatic heterocycles. The van der Waals surface area contributed by atoms with Crippen LogP contribution in [0.15, 0.2) is 51.8 Å². The van der Waals surface area contributed by atoms with Crippen LogP contribution in [0.2, 0.25) is 0 Å². The molecule has 1 amide bonds. The van der Waals surface area contributed by atoms with E-state index >= 15 is 0 Å². The van der Waals surface area contributed by atoms with Crippen molar-refractivity contribution in [3.63, 3.8) is 0 Å². The predicted octanol–water partition coefficient (Wildman–Crippen LogP) is 3.91. The highest BCUT2D eigenvalue weighted by Crippen LogP contribution is 2.26. The molecular weight excluding hydrogens is 460 g/mol. The van der Waals surface area contributed by atoms with E-state index in [9.17, 15) is 18.0 Å². The van der Waals surface area contributed by atoms with Crippen LogP contribution in [0.3, 0.4) is 0 Å². The number of carbonyl (C=O) groups is 2. The molecule has 0 bridgehead atoms. The van der Waals surface area contributed by atoms with Crippen molar-refractivity contribution in [3.05, 3.63) is 58.1 Å². The van der Waals surface area contributed by atoms with Gasteiger partial charge in [-0.25, -0.2) is 13.2 Å². The first-order valence-electron chi connectivity index (χ1n) is 9.12. The summed E-state index contributed by atoms with van der Waals surface area (Å²) in [5.41, 5.74) is 1.05. The Morgan fingerprint density at radius 1 is 1.00 bits per heavy atom. The third kappa shape index (κ3) is 5.57. The third-order valence-corrected chi connectivity index (χ3v) is 6.53. The molecule has 0 atom stereocenters. The van der Waals surface area contributed by atoms with E-state index in [0.29, 0.717) is 24.3 Å². The number of anilines is 1. The maximum absolute atomic E-state index is 12.7. The van der Waals surface area contributed by atoms with E-state index in [2.05, 4.69) is 20.7 Å². The lowest BCUT2D eigenvalue weighted by Crippen LogP contribution is -2.30. The first-order chi connectivity index (χ1) is 13.7. The van der Waals surface area contributed by atoms with Crippen molar-refractivity contribution in [2.45, 2.75) is 25.7 Å². The standard InChI is InChI=1S/C20H23BrN2O5S/c1-4-23(5-2)19(24)14-7-10-16(11-8-14)22-29(26,27)18-12-9-15(13-17(18)21)20(25)28-6-3/h7-13,22H,4-6H2,1-3H3. The number of amides is 1. The van der Waals surface area contributed by atoms with E-state index in [-0.39, 0.29) is 27.4 Å². The molecule has 0 fully saturated rings. The predicted molar refractivity (Wildman–Crippen MR) is 115 cm³/mol. The van der Waals surface area contributed by atoms with Gasteiger partial charge < -0.3 is 9.64 Å². The first kappa shape index (κ1) is 22.9. The minimum Gasteiger partial charge on any atom is -0.462 e. The highest BCUT2D eigenvalue weighted by molar-refractivity contribution is 9.10. The van der Waals surface area contributed by atoms with E-state index in [0.717, 1.165) is 0 Å². The molecule has 29 heavy (non-hydrogen) atoms. The zero-order valence-electron chi connectivity index (χ0n) is 16.4. The highest BCUT2D eigenvalue weighted by Gasteiger charge is 2.20. The number of rotatable bonds is 8. The number of sulfonamides is 1. The molecule has 0 saturated heterocycles. The van der Waals surface area contributed by atoms with Crippen LogP contribution in [0, 0.1) is 0 Å². The Bertz CT molecular complexity index is 986. The van der Waals surface area contributed by atoms with Gasteiger partial charge in [0.1, 0.15) is 4.90 Å². The van der Waals surface area contributed by atoms with Crippen molar-refractivity contribution < 1.29 is 22.7 Å². The fraction of sp³-hybridized carbons (Fsp3) is 0.300. The Kier molecular flexibility index (Phi) is 7.80. The van der Waals surface area contributed by atoms with E-state index in [4.69, 9.17) is 4.74 Å². The van der Waals surface area contributed by atoms with Crippen LogP contribution in [-0.4, -0.2) is 44.9 Å². The zero-order chi connectivity index (χ0) is 21.6. The molecule has 156 valence electrons. The summed E-state index contributed by atoms with van der Waals surface area (Å²) in [5.74, 6) is -0.639. The largest absolute Gasteiger partial charge is 0.462 e. The molecule has 9 heteroatoms. The van der Waals surface area contributed by atoms with Crippen LogP contribution in [0.25, 0.3) is 0 Å². The van der Waals surface area contributed by atoms with Gasteiger partial charge in [-0.3, -0.25) is 9.52 Å². The van der Waals surface area contributed by atoms with Gasteiger partial charge in [-0.1, -0.05) is 0 Å². The molecule has 0 radical (unpaired) electrons. The Balaban J connectivity index is 2.21.